The summed E-state index contributed by atoms with van der Waals surface area (Å²) >= 11 is 5.92. The van der Waals surface area contributed by atoms with Gasteiger partial charge in [0.15, 0.2) is 0 Å². The Morgan fingerprint density at radius 3 is 2.63 bits per heavy atom. The van der Waals surface area contributed by atoms with Crippen LogP contribution in [0.15, 0.2) is 18.2 Å². The van der Waals surface area contributed by atoms with Gasteiger partial charge in [0.1, 0.15) is 0 Å². The van der Waals surface area contributed by atoms with Crippen molar-refractivity contribution < 1.29 is 9.59 Å². The van der Waals surface area contributed by atoms with Crippen molar-refractivity contribution in [2.24, 2.45) is 5.92 Å². The van der Waals surface area contributed by atoms with Gasteiger partial charge in [0.05, 0.1) is 22.8 Å². The van der Waals surface area contributed by atoms with Crippen molar-refractivity contribution in [1.29, 1.82) is 0 Å². The molecule has 1 aromatic carbocycles. The van der Waals surface area contributed by atoms with Gasteiger partial charge in [0.2, 0.25) is 5.91 Å². The molecule has 0 aliphatic carbocycles. The van der Waals surface area contributed by atoms with E-state index in [0.29, 0.717) is 18.2 Å². The number of benzene rings is 1. The Kier molecular flexibility index (Phi) is 5.63. The van der Waals surface area contributed by atoms with Crippen molar-refractivity contribution >= 4 is 29.1 Å². The second kappa shape index (κ2) is 6.99. The standard InChI is InChI=1S/C13H18ClN3O2/c1-8(2)6-16-11(18)7-17-13(19)9-4-3-5-10(15)12(9)14/h3-5,8H,6-7,15H2,1-2H3,(H,16,18)(H,17,19). The molecule has 0 saturated heterocycles. The molecule has 1 rings (SSSR count). The van der Waals surface area contributed by atoms with Crippen LogP contribution in [0.2, 0.25) is 5.02 Å². The first-order valence-electron chi connectivity index (χ1n) is 6.00. The Labute approximate surface area is 117 Å². The Balaban J connectivity index is 2.52. The third-order valence-electron chi connectivity index (χ3n) is 2.39. The molecular weight excluding hydrogens is 266 g/mol. The number of amides is 2. The molecule has 0 bridgehead atoms. The van der Waals surface area contributed by atoms with E-state index in [4.69, 9.17) is 17.3 Å². The molecule has 6 heteroatoms. The maximum atomic E-state index is 11.8. The molecule has 0 fully saturated rings. The van der Waals surface area contributed by atoms with Crippen molar-refractivity contribution in [2.75, 3.05) is 18.8 Å². The molecule has 2 amide bonds. The number of carbonyl (C=O) groups is 2. The predicted octanol–water partition coefficient (Wildman–Crippen LogP) is 1.42. The molecule has 104 valence electrons. The average molecular weight is 284 g/mol. The van der Waals surface area contributed by atoms with Crippen LogP contribution in [0.1, 0.15) is 24.2 Å². The molecule has 0 heterocycles. The van der Waals surface area contributed by atoms with Crippen LogP contribution in [-0.2, 0) is 4.79 Å². The normalized spacial score (nSPS) is 10.3. The summed E-state index contributed by atoms with van der Waals surface area (Å²) in [5.41, 5.74) is 6.20. The van der Waals surface area contributed by atoms with Crippen molar-refractivity contribution in [3.05, 3.63) is 28.8 Å². The zero-order chi connectivity index (χ0) is 14.4. The molecular formula is C13H18ClN3O2. The van der Waals surface area contributed by atoms with Crippen molar-refractivity contribution in [3.8, 4) is 0 Å². The van der Waals surface area contributed by atoms with Gasteiger partial charge in [-0.15, -0.1) is 0 Å². The van der Waals surface area contributed by atoms with Crippen LogP contribution in [0.3, 0.4) is 0 Å². The fraction of sp³-hybridized carbons (Fsp3) is 0.385. The molecule has 0 aliphatic heterocycles. The SMILES string of the molecule is CC(C)CNC(=O)CNC(=O)c1cccc(N)c1Cl. The molecule has 0 radical (unpaired) electrons. The molecule has 0 aliphatic rings. The number of nitrogens with two attached hydrogens (primary N) is 1. The Morgan fingerprint density at radius 1 is 1.32 bits per heavy atom. The highest BCUT2D eigenvalue weighted by Gasteiger charge is 2.13. The smallest absolute Gasteiger partial charge is 0.253 e. The van der Waals surface area contributed by atoms with E-state index in [-0.39, 0.29) is 23.0 Å². The summed E-state index contributed by atoms with van der Waals surface area (Å²) in [5, 5.41) is 5.40. The van der Waals surface area contributed by atoms with Crippen molar-refractivity contribution in [3.63, 3.8) is 0 Å². The van der Waals surface area contributed by atoms with Gasteiger partial charge in [-0.25, -0.2) is 0 Å². The molecule has 1 aromatic rings. The van der Waals surface area contributed by atoms with Crippen LogP contribution in [0.4, 0.5) is 5.69 Å². The molecule has 4 N–H and O–H groups in total. The highest BCUT2D eigenvalue weighted by Crippen LogP contribution is 2.22. The zero-order valence-electron chi connectivity index (χ0n) is 11.0. The third kappa shape index (κ3) is 4.79. The number of nitrogen functional groups attached to an aromatic ring is 1. The summed E-state index contributed by atoms with van der Waals surface area (Å²) in [6.45, 7) is 4.47. The summed E-state index contributed by atoms with van der Waals surface area (Å²) < 4.78 is 0. The lowest BCUT2D eigenvalue weighted by molar-refractivity contribution is -0.120. The molecule has 0 unspecified atom stereocenters. The van der Waals surface area contributed by atoms with E-state index >= 15 is 0 Å². The number of nitrogens with one attached hydrogen (secondary N) is 2. The predicted molar refractivity (Wildman–Crippen MR) is 76.0 cm³/mol. The first-order chi connectivity index (χ1) is 8.91. The lowest BCUT2D eigenvalue weighted by Crippen LogP contribution is -2.38. The van der Waals surface area contributed by atoms with E-state index < -0.39 is 5.91 Å². The maximum absolute atomic E-state index is 11.8. The molecule has 0 atom stereocenters. The van der Waals surface area contributed by atoms with Gasteiger partial charge >= 0.3 is 0 Å². The van der Waals surface area contributed by atoms with Crippen LogP contribution < -0.4 is 16.4 Å². The van der Waals surface area contributed by atoms with E-state index in [1.807, 2.05) is 13.8 Å². The number of rotatable bonds is 5. The van der Waals surface area contributed by atoms with E-state index in [2.05, 4.69) is 10.6 Å². The minimum absolute atomic E-state index is 0.0866. The molecule has 5 nitrogen and oxygen atoms in total. The van der Waals surface area contributed by atoms with Crippen LogP contribution in [0.5, 0.6) is 0 Å². The number of hydrogen-bond donors (Lipinski definition) is 3. The fourth-order valence-electron chi connectivity index (χ4n) is 1.36. The second-order valence-electron chi connectivity index (χ2n) is 4.59. The molecule has 0 aromatic heterocycles. The fourth-order valence-corrected chi connectivity index (χ4v) is 1.57. The first kappa shape index (κ1) is 15.3. The molecule has 0 spiro atoms. The number of anilines is 1. The number of halogens is 1. The van der Waals surface area contributed by atoms with E-state index in [0.717, 1.165) is 0 Å². The highest BCUT2D eigenvalue weighted by atomic mass is 35.5. The Morgan fingerprint density at radius 2 is 2.00 bits per heavy atom. The van der Waals surface area contributed by atoms with Crippen LogP contribution in [0, 0.1) is 5.92 Å². The summed E-state index contributed by atoms with van der Waals surface area (Å²) in [6, 6.07) is 4.80. The first-order valence-corrected chi connectivity index (χ1v) is 6.38. The Hall–Kier alpha value is -1.75. The third-order valence-corrected chi connectivity index (χ3v) is 2.81. The minimum atomic E-state index is -0.419. The van der Waals surface area contributed by atoms with Crippen LogP contribution >= 0.6 is 11.6 Å². The summed E-state index contributed by atoms with van der Waals surface area (Å²) in [6.07, 6.45) is 0. The lowest BCUT2D eigenvalue weighted by Gasteiger charge is -2.10. The van der Waals surface area contributed by atoms with Gasteiger partial charge in [0.25, 0.3) is 5.91 Å². The molecule has 19 heavy (non-hydrogen) atoms. The molecule has 0 saturated carbocycles. The highest BCUT2D eigenvalue weighted by molar-refractivity contribution is 6.36. The summed E-state index contributed by atoms with van der Waals surface area (Å²) in [5.74, 6) is -0.290. The van der Waals surface area contributed by atoms with Crippen molar-refractivity contribution in [1.82, 2.24) is 10.6 Å². The van der Waals surface area contributed by atoms with Gasteiger partial charge in [-0.05, 0) is 18.1 Å². The summed E-state index contributed by atoms with van der Waals surface area (Å²) in [7, 11) is 0. The van der Waals surface area contributed by atoms with Gasteiger partial charge in [-0.1, -0.05) is 31.5 Å². The van der Waals surface area contributed by atoms with Crippen molar-refractivity contribution in [2.45, 2.75) is 13.8 Å². The largest absolute Gasteiger partial charge is 0.398 e. The second-order valence-corrected chi connectivity index (χ2v) is 4.97. The zero-order valence-corrected chi connectivity index (χ0v) is 11.8. The number of hydrogen-bond acceptors (Lipinski definition) is 3. The number of carbonyl (C=O) groups excluding carboxylic acids is 2. The maximum Gasteiger partial charge on any atom is 0.253 e. The minimum Gasteiger partial charge on any atom is -0.398 e. The van der Waals surface area contributed by atoms with Gasteiger partial charge < -0.3 is 16.4 Å². The van der Waals surface area contributed by atoms with Gasteiger partial charge in [0, 0.05) is 6.54 Å². The topological polar surface area (TPSA) is 84.2 Å². The Bertz CT molecular complexity index is 475. The van der Waals surface area contributed by atoms with E-state index in [9.17, 15) is 9.59 Å². The van der Waals surface area contributed by atoms with Crippen LogP contribution in [0.25, 0.3) is 0 Å². The van der Waals surface area contributed by atoms with E-state index in [1.165, 1.54) is 0 Å². The quantitative estimate of drug-likeness (QED) is 0.715. The summed E-state index contributed by atoms with van der Waals surface area (Å²) in [4.78, 5) is 23.3. The van der Waals surface area contributed by atoms with Gasteiger partial charge in [-0.2, -0.15) is 0 Å². The monoisotopic (exact) mass is 283 g/mol. The van der Waals surface area contributed by atoms with Gasteiger partial charge in [-0.3, -0.25) is 9.59 Å². The lowest BCUT2D eigenvalue weighted by atomic mass is 10.2. The van der Waals surface area contributed by atoms with Crippen LogP contribution in [-0.4, -0.2) is 24.9 Å². The average Bonchev–Trinajstić information content (AvgIpc) is 2.36. The van der Waals surface area contributed by atoms with E-state index in [1.54, 1.807) is 18.2 Å².